The van der Waals surface area contributed by atoms with Gasteiger partial charge in [0.2, 0.25) is 0 Å². The van der Waals surface area contributed by atoms with E-state index < -0.39 is 0 Å². The van der Waals surface area contributed by atoms with Crippen LogP contribution >= 0.6 is 47.4 Å². The maximum Gasteiger partial charge on any atom is 0.123 e. The van der Waals surface area contributed by atoms with E-state index >= 15 is 0 Å². The Bertz CT molecular complexity index is 403. The third kappa shape index (κ3) is 7.88. The number of halogens is 3. The van der Waals surface area contributed by atoms with Crippen molar-refractivity contribution < 1.29 is 5.11 Å². The Morgan fingerprint density at radius 3 is 2.25 bits per heavy atom. The maximum atomic E-state index is 10.0. The Labute approximate surface area is 148 Å². The molecule has 0 amide bonds. The fourth-order valence-electron chi connectivity index (χ4n) is 1.95. The summed E-state index contributed by atoms with van der Waals surface area (Å²) < 4.78 is 1.18. The van der Waals surface area contributed by atoms with Crippen molar-refractivity contribution in [2.75, 3.05) is 34.2 Å². The molecule has 0 spiro atoms. The molecule has 118 valence electrons. The molecule has 1 aromatic rings. The first-order valence-electron chi connectivity index (χ1n) is 6.21. The first kappa shape index (κ1) is 22.5. The molecule has 0 aliphatic heterocycles. The normalized spacial score (nSPS) is 10.3. The lowest BCUT2D eigenvalue weighted by molar-refractivity contribution is 0.290. The molecule has 0 radical (unpaired) electrons. The number of phenols is 1. The molecule has 6 heteroatoms. The highest BCUT2D eigenvalue weighted by Crippen LogP contribution is 2.25. The van der Waals surface area contributed by atoms with Crippen molar-refractivity contribution in [2.45, 2.75) is 19.9 Å². The number of nitrogens with zero attached hydrogens (tertiary/aromatic N) is 2. The van der Waals surface area contributed by atoms with Gasteiger partial charge in [-0.2, -0.15) is 0 Å². The van der Waals surface area contributed by atoms with E-state index in [2.05, 4.69) is 59.6 Å². The van der Waals surface area contributed by atoms with E-state index in [0.29, 0.717) is 5.75 Å². The molecule has 1 N–H and O–H groups in total. The molecule has 0 saturated carbocycles. The minimum Gasteiger partial charge on any atom is -0.507 e. The van der Waals surface area contributed by atoms with Gasteiger partial charge in [-0.3, -0.25) is 0 Å². The third-order valence-electron chi connectivity index (χ3n) is 2.93. The molecule has 0 atom stereocenters. The summed E-state index contributed by atoms with van der Waals surface area (Å²) in [4.78, 5) is 4.45. The standard InChI is InChI=1S/C14H23IN2O.2ClH/c1-11-8-13(15)9-12(14(11)18)10-17(4)7-5-6-16(2)3;;/h8-9,18H,5-7,10H2,1-4H3;2*1H. The topological polar surface area (TPSA) is 26.7 Å². The summed E-state index contributed by atoms with van der Waals surface area (Å²) in [6, 6.07) is 4.07. The van der Waals surface area contributed by atoms with Crippen molar-refractivity contribution in [3.8, 4) is 5.75 Å². The van der Waals surface area contributed by atoms with E-state index in [-0.39, 0.29) is 24.8 Å². The number of hydrogen-bond donors (Lipinski definition) is 1. The fourth-order valence-corrected chi connectivity index (χ4v) is 2.80. The zero-order valence-electron chi connectivity index (χ0n) is 12.5. The summed E-state index contributed by atoms with van der Waals surface area (Å²) in [5, 5.41) is 10.0. The van der Waals surface area contributed by atoms with Gasteiger partial charge in [0.15, 0.2) is 0 Å². The molecule has 0 saturated heterocycles. The first-order chi connectivity index (χ1) is 8.40. The second-order valence-electron chi connectivity index (χ2n) is 5.13. The van der Waals surface area contributed by atoms with Crippen LogP contribution in [0.25, 0.3) is 0 Å². The van der Waals surface area contributed by atoms with Crippen molar-refractivity contribution in [1.82, 2.24) is 9.80 Å². The van der Waals surface area contributed by atoms with E-state index in [1.54, 1.807) is 0 Å². The minimum atomic E-state index is 0. The van der Waals surface area contributed by atoms with Crippen molar-refractivity contribution in [2.24, 2.45) is 0 Å². The Balaban J connectivity index is 0. The molecular formula is C14H25Cl2IN2O. The van der Waals surface area contributed by atoms with Crippen LogP contribution in [-0.2, 0) is 6.54 Å². The average molecular weight is 435 g/mol. The molecule has 1 rings (SSSR count). The molecule has 0 aliphatic carbocycles. The van der Waals surface area contributed by atoms with Crippen LogP contribution in [0.1, 0.15) is 17.5 Å². The van der Waals surface area contributed by atoms with Gasteiger partial charge in [-0.05, 0) is 87.9 Å². The highest BCUT2D eigenvalue weighted by atomic mass is 127. The Morgan fingerprint density at radius 2 is 1.70 bits per heavy atom. The van der Waals surface area contributed by atoms with Crippen LogP contribution in [0.2, 0.25) is 0 Å². The minimum absolute atomic E-state index is 0. The van der Waals surface area contributed by atoms with Gasteiger partial charge in [-0.15, -0.1) is 24.8 Å². The summed E-state index contributed by atoms with van der Waals surface area (Å²) >= 11 is 2.30. The van der Waals surface area contributed by atoms with Crippen molar-refractivity contribution in [3.63, 3.8) is 0 Å². The number of benzene rings is 1. The quantitative estimate of drug-likeness (QED) is 0.693. The van der Waals surface area contributed by atoms with E-state index in [9.17, 15) is 5.11 Å². The van der Waals surface area contributed by atoms with E-state index in [4.69, 9.17) is 0 Å². The largest absolute Gasteiger partial charge is 0.507 e. The van der Waals surface area contributed by atoms with Gasteiger partial charge in [0.1, 0.15) is 5.75 Å². The van der Waals surface area contributed by atoms with Gasteiger partial charge in [0, 0.05) is 15.7 Å². The predicted octanol–water partition coefficient (Wildman–Crippen LogP) is 3.53. The molecule has 0 fully saturated rings. The summed E-state index contributed by atoms with van der Waals surface area (Å²) in [6.07, 6.45) is 1.15. The molecule has 0 aliphatic rings. The highest BCUT2D eigenvalue weighted by Gasteiger charge is 2.08. The van der Waals surface area contributed by atoms with Crippen molar-refractivity contribution >= 4 is 47.4 Å². The summed E-state index contributed by atoms with van der Waals surface area (Å²) in [5.41, 5.74) is 1.98. The third-order valence-corrected chi connectivity index (χ3v) is 3.55. The van der Waals surface area contributed by atoms with Crippen LogP contribution in [0, 0.1) is 10.5 Å². The average Bonchev–Trinajstić information content (AvgIpc) is 2.24. The van der Waals surface area contributed by atoms with E-state index in [1.165, 1.54) is 3.57 Å². The van der Waals surface area contributed by atoms with Crippen molar-refractivity contribution in [1.29, 1.82) is 0 Å². The number of rotatable bonds is 6. The second-order valence-corrected chi connectivity index (χ2v) is 6.37. The number of phenolic OH excluding ortho intramolecular Hbond substituents is 1. The monoisotopic (exact) mass is 434 g/mol. The molecule has 0 aromatic heterocycles. The molecular weight excluding hydrogens is 410 g/mol. The Morgan fingerprint density at radius 1 is 1.10 bits per heavy atom. The van der Waals surface area contributed by atoms with Crippen LogP contribution in [0.4, 0.5) is 0 Å². The van der Waals surface area contributed by atoms with E-state index in [1.807, 2.05) is 13.0 Å². The molecule has 0 bridgehead atoms. The summed E-state index contributed by atoms with van der Waals surface area (Å²) in [6.45, 7) is 4.90. The zero-order valence-corrected chi connectivity index (χ0v) is 16.3. The molecule has 1 aromatic carbocycles. The number of aromatic hydroxyl groups is 1. The molecule has 20 heavy (non-hydrogen) atoms. The van der Waals surface area contributed by atoms with Crippen molar-refractivity contribution in [3.05, 3.63) is 26.8 Å². The van der Waals surface area contributed by atoms with E-state index in [0.717, 1.165) is 37.2 Å². The predicted molar refractivity (Wildman–Crippen MR) is 99.6 cm³/mol. The molecule has 0 heterocycles. The lowest BCUT2D eigenvalue weighted by atomic mass is 10.1. The molecule has 3 nitrogen and oxygen atoms in total. The van der Waals surface area contributed by atoms with Gasteiger partial charge in [0.05, 0.1) is 0 Å². The Kier molecular flexibility index (Phi) is 12.3. The zero-order chi connectivity index (χ0) is 13.7. The smallest absolute Gasteiger partial charge is 0.123 e. The van der Waals surface area contributed by atoms with Gasteiger partial charge in [-0.1, -0.05) is 0 Å². The fraction of sp³-hybridized carbons (Fsp3) is 0.571. The van der Waals surface area contributed by atoms with Crippen LogP contribution in [-0.4, -0.2) is 49.1 Å². The van der Waals surface area contributed by atoms with Crippen LogP contribution < -0.4 is 0 Å². The van der Waals surface area contributed by atoms with Crippen LogP contribution in [0.15, 0.2) is 12.1 Å². The van der Waals surface area contributed by atoms with Crippen LogP contribution in [0.3, 0.4) is 0 Å². The van der Waals surface area contributed by atoms with Gasteiger partial charge in [-0.25, -0.2) is 0 Å². The lowest BCUT2D eigenvalue weighted by Gasteiger charge is -2.19. The van der Waals surface area contributed by atoms with Gasteiger partial charge in [0.25, 0.3) is 0 Å². The lowest BCUT2D eigenvalue weighted by Crippen LogP contribution is -2.23. The number of aryl methyl sites for hydroxylation is 1. The number of hydrogen-bond acceptors (Lipinski definition) is 3. The summed E-state index contributed by atoms with van der Waals surface area (Å²) in [5.74, 6) is 0.440. The van der Waals surface area contributed by atoms with Gasteiger partial charge < -0.3 is 14.9 Å². The second kappa shape index (κ2) is 10.9. The Hall–Kier alpha value is 0.250. The van der Waals surface area contributed by atoms with Crippen LogP contribution in [0.5, 0.6) is 5.75 Å². The summed E-state index contributed by atoms with van der Waals surface area (Å²) in [7, 11) is 6.29. The highest BCUT2D eigenvalue weighted by molar-refractivity contribution is 14.1. The molecule has 0 unspecified atom stereocenters. The van der Waals surface area contributed by atoms with Gasteiger partial charge >= 0.3 is 0 Å². The SMILES string of the molecule is Cc1cc(I)cc(CN(C)CCCN(C)C)c1O.Cl.Cl. The maximum absolute atomic E-state index is 10.0. The first-order valence-corrected chi connectivity index (χ1v) is 7.29.